The average Bonchev–Trinajstić information content (AvgIpc) is 3.28. The van der Waals surface area contributed by atoms with E-state index in [9.17, 15) is 9.59 Å². The molecule has 8 heteroatoms. The Morgan fingerprint density at radius 2 is 2.00 bits per heavy atom. The fourth-order valence-corrected chi connectivity index (χ4v) is 4.78. The molecule has 0 spiro atoms. The lowest BCUT2D eigenvalue weighted by atomic mass is 9.96. The molecule has 0 unspecified atom stereocenters. The lowest BCUT2D eigenvalue weighted by molar-refractivity contribution is -0.125. The van der Waals surface area contributed by atoms with Gasteiger partial charge < -0.3 is 24.5 Å². The first-order valence-corrected chi connectivity index (χ1v) is 11.7. The second-order valence-corrected chi connectivity index (χ2v) is 8.82. The SMILES string of the molecule is COc1ccc2[nH]cc(CCNC(=O)C3CCN(c4nc5ccccc5n(C)c4=O)CC3)c2c1. The standard InChI is InChI=1S/C26H29N5O3/c1-30-23-6-4-3-5-22(23)29-24(26(30)33)31-13-10-17(11-14-31)25(32)27-12-9-18-16-28-21-8-7-19(34-2)15-20(18)21/h3-8,15-17,28H,9-14H2,1-2H3,(H,27,32). The molecule has 0 atom stereocenters. The van der Waals surface area contributed by atoms with E-state index in [0.29, 0.717) is 38.3 Å². The molecule has 34 heavy (non-hydrogen) atoms. The van der Waals surface area contributed by atoms with Crippen LogP contribution in [0.1, 0.15) is 18.4 Å². The molecule has 8 nitrogen and oxygen atoms in total. The quantitative estimate of drug-likeness (QED) is 0.463. The van der Waals surface area contributed by atoms with E-state index < -0.39 is 0 Å². The number of fused-ring (bicyclic) bond motifs is 2. The number of carbonyl (C=O) groups excluding carboxylic acids is 1. The van der Waals surface area contributed by atoms with Crippen LogP contribution in [0.25, 0.3) is 21.9 Å². The number of amides is 1. The monoisotopic (exact) mass is 459 g/mol. The molecule has 1 amide bonds. The third-order valence-electron chi connectivity index (χ3n) is 6.80. The summed E-state index contributed by atoms with van der Waals surface area (Å²) in [6, 6.07) is 13.6. The van der Waals surface area contributed by atoms with Crippen molar-refractivity contribution in [3.8, 4) is 5.75 Å². The van der Waals surface area contributed by atoms with Gasteiger partial charge in [-0.2, -0.15) is 0 Å². The molecule has 1 fully saturated rings. The number of nitrogens with zero attached hydrogens (tertiary/aromatic N) is 3. The molecule has 0 bridgehead atoms. The molecule has 2 N–H and O–H groups in total. The van der Waals surface area contributed by atoms with E-state index in [-0.39, 0.29) is 17.4 Å². The van der Waals surface area contributed by atoms with Crippen molar-refractivity contribution in [2.24, 2.45) is 13.0 Å². The van der Waals surface area contributed by atoms with Crippen molar-refractivity contribution in [2.75, 3.05) is 31.6 Å². The largest absolute Gasteiger partial charge is 0.497 e. The Labute approximate surface area is 197 Å². The van der Waals surface area contributed by atoms with Crippen LogP contribution in [0.2, 0.25) is 0 Å². The summed E-state index contributed by atoms with van der Waals surface area (Å²) in [5, 5.41) is 4.22. The normalized spacial score (nSPS) is 14.6. The Balaban J connectivity index is 1.18. The Morgan fingerprint density at radius 1 is 1.21 bits per heavy atom. The van der Waals surface area contributed by atoms with Gasteiger partial charge in [0.2, 0.25) is 5.91 Å². The van der Waals surface area contributed by atoms with Crippen molar-refractivity contribution < 1.29 is 9.53 Å². The van der Waals surface area contributed by atoms with E-state index in [1.54, 1.807) is 18.7 Å². The molecule has 2 aromatic heterocycles. The topological polar surface area (TPSA) is 92.2 Å². The maximum atomic E-state index is 12.9. The number of piperidine rings is 1. The third kappa shape index (κ3) is 4.11. The molecule has 3 heterocycles. The van der Waals surface area contributed by atoms with Crippen molar-refractivity contribution in [3.63, 3.8) is 0 Å². The average molecular weight is 460 g/mol. The number of H-pyrrole nitrogens is 1. The Kier molecular flexibility index (Phi) is 5.96. The summed E-state index contributed by atoms with van der Waals surface area (Å²) in [5.41, 5.74) is 3.73. The van der Waals surface area contributed by atoms with E-state index in [4.69, 9.17) is 4.74 Å². The van der Waals surface area contributed by atoms with Crippen LogP contribution in [0.4, 0.5) is 5.82 Å². The van der Waals surface area contributed by atoms with Crippen LogP contribution >= 0.6 is 0 Å². The second kappa shape index (κ2) is 9.21. The predicted octanol–water partition coefficient (Wildman–Crippen LogP) is 3.00. The number of carbonyl (C=O) groups is 1. The minimum absolute atomic E-state index is 0.0522. The van der Waals surface area contributed by atoms with Crippen LogP contribution in [0.5, 0.6) is 5.75 Å². The summed E-state index contributed by atoms with van der Waals surface area (Å²) in [6.07, 6.45) is 4.14. The first-order valence-electron chi connectivity index (χ1n) is 11.7. The lowest BCUT2D eigenvalue weighted by Gasteiger charge is -2.32. The van der Waals surface area contributed by atoms with Crippen molar-refractivity contribution in [1.29, 1.82) is 0 Å². The van der Waals surface area contributed by atoms with Gasteiger partial charge in [-0.15, -0.1) is 0 Å². The van der Waals surface area contributed by atoms with Crippen LogP contribution in [0.3, 0.4) is 0 Å². The Morgan fingerprint density at radius 3 is 2.79 bits per heavy atom. The zero-order valence-electron chi connectivity index (χ0n) is 19.5. The zero-order chi connectivity index (χ0) is 23.7. The lowest BCUT2D eigenvalue weighted by Crippen LogP contribution is -2.43. The number of hydrogen-bond donors (Lipinski definition) is 2. The number of methoxy groups -OCH3 is 1. The summed E-state index contributed by atoms with van der Waals surface area (Å²) < 4.78 is 6.98. The van der Waals surface area contributed by atoms with Crippen molar-refractivity contribution in [3.05, 3.63) is 64.6 Å². The van der Waals surface area contributed by atoms with Gasteiger partial charge in [0.25, 0.3) is 5.56 Å². The third-order valence-corrected chi connectivity index (χ3v) is 6.80. The first kappa shape index (κ1) is 22.0. The number of hydrogen-bond acceptors (Lipinski definition) is 5. The van der Waals surface area contributed by atoms with Gasteiger partial charge in [-0.1, -0.05) is 12.1 Å². The van der Waals surface area contributed by atoms with Crippen LogP contribution in [-0.2, 0) is 18.3 Å². The van der Waals surface area contributed by atoms with Crippen molar-refractivity contribution in [2.45, 2.75) is 19.3 Å². The van der Waals surface area contributed by atoms with Gasteiger partial charge in [-0.05, 0) is 55.2 Å². The molecular formula is C26H29N5O3. The highest BCUT2D eigenvalue weighted by Gasteiger charge is 2.27. The van der Waals surface area contributed by atoms with Crippen LogP contribution in [0.15, 0.2) is 53.5 Å². The van der Waals surface area contributed by atoms with Gasteiger partial charge >= 0.3 is 0 Å². The number of anilines is 1. The van der Waals surface area contributed by atoms with Gasteiger partial charge in [-0.25, -0.2) is 4.98 Å². The smallest absolute Gasteiger partial charge is 0.293 e. The number of ether oxygens (including phenoxy) is 1. The van der Waals surface area contributed by atoms with Gasteiger partial charge in [0.15, 0.2) is 5.82 Å². The highest BCUT2D eigenvalue weighted by molar-refractivity contribution is 5.85. The highest BCUT2D eigenvalue weighted by atomic mass is 16.5. The summed E-state index contributed by atoms with van der Waals surface area (Å²) in [6.45, 7) is 1.86. The molecule has 5 rings (SSSR count). The van der Waals surface area contributed by atoms with Crippen LogP contribution in [0, 0.1) is 5.92 Å². The molecule has 4 aromatic rings. The van der Waals surface area contributed by atoms with Gasteiger partial charge in [0, 0.05) is 49.7 Å². The van der Waals surface area contributed by atoms with E-state index in [2.05, 4.69) is 15.3 Å². The summed E-state index contributed by atoms with van der Waals surface area (Å²) in [5.74, 6) is 1.31. The summed E-state index contributed by atoms with van der Waals surface area (Å²) in [7, 11) is 3.44. The van der Waals surface area contributed by atoms with E-state index in [0.717, 1.165) is 39.7 Å². The number of aromatic nitrogens is 3. The Hall–Kier alpha value is -3.81. The second-order valence-electron chi connectivity index (χ2n) is 8.82. The number of nitrogens with one attached hydrogen (secondary N) is 2. The van der Waals surface area contributed by atoms with Crippen molar-refractivity contribution in [1.82, 2.24) is 19.9 Å². The van der Waals surface area contributed by atoms with Crippen LogP contribution < -0.4 is 20.5 Å². The number of aryl methyl sites for hydroxylation is 1. The first-order chi connectivity index (χ1) is 16.5. The zero-order valence-corrected chi connectivity index (χ0v) is 19.5. The molecule has 0 radical (unpaired) electrons. The van der Waals surface area contributed by atoms with E-state index in [1.165, 1.54) is 0 Å². The number of para-hydroxylation sites is 2. The number of aromatic amines is 1. The number of benzene rings is 2. The molecule has 1 aliphatic rings. The van der Waals surface area contributed by atoms with E-state index >= 15 is 0 Å². The minimum Gasteiger partial charge on any atom is -0.497 e. The Bertz CT molecular complexity index is 1400. The molecular weight excluding hydrogens is 430 g/mol. The van der Waals surface area contributed by atoms with Gasteiger partial charge in [0.1, 0.15) is 5.75 Å². The minimum atomic E-state index is -0.100. The molecule has 1 aliphatic heterocycles. The van der Waals surface area contributed by atoms with Crippen molar-refractivity contribution >= 4 is 33.7 Å². The fraction of sp³-hybridized carbons (Fsp3) is 0.346. The summed E-state index contributed by atoms with van der Waals surface area (Å²) >= 11 is 0. The molecule has 1 saturated heterocycles. The van der Waals surface area contributed by atoms with Gasteiger partial charge in [-0.3, -0.25) is 9.59 Å². The number of rotatable bonds is 6. The van der Waals surface area contributed by atoms with Gasteiger partial charge in [0.05, 0.1) is 18.1 Å². The molecule has 176 valence electrons. The maximum Gasteiger partial charge on any atom is 0.293 e. The highest BCUT2D eigenvalue weighted by Crippen LogP contribution is 2.24. The fourth-order valence-electron chi connectivity index (χ4n) is 4.78. The predicted molar refractivity (Wildman–Crippen MR) is 133 cm³/mol. The molecule has 0 aliphatic carbocycles. The summed E-state index contributed by atoms with van der Waals surface area (Å²) in [4.78, 5) is 35.6. The molecule has 0 saturated carbocycles. The molecule has 2 aromatic carbocycles. The van der Waals surface area contributed by atoms with E-state index in [1.807, 2.05) is 53.6 Å². The van der Waals surface area contributed by atoms with Crippen LogP contribution in [-0.4, -0.2) is 47.2 Å². The maximum absolute atomic E-state index is 12.9.